The Hall–Kier alpha value is -1.98. The van der Waals surface area contributed by atoms with Crippen molar-refractivity contribution in [1.29, 1.82) is 0 Å². The molecule has 1 aliphatic rings. The average Bonchev–Trinajstić information content (AvgIpc) is 3.07. The summed E-state index contributed by atoms with van der Waals surface area (Å²) in [4.78, 5) is 29.5. The summed E-state index contributed by atoms with van der Waals surface area (Å²) >= 11 is 1.29. The summed E-state index contributed by atoms with van der Waals surface area (Å²) in [7, 11) is 0. The second-order valence-electron chi connectivity index (χ2n) is 6.21. The third-order valence-corrected chi connectivity index (χ3v) is 5.65. The number of piperazine rings is 1. The van der Waals surface area contributed by atoms with Gasteiger partial charge in [-0.05, 0) is 37.1 Å². The molecule has 0 saturated carbocycles. The molecule has 0 radical (unpaired) electrons. The lowest BCUT2D eigenvalue weighted by molar-refractivity contribution is 0.0633. The maximum Gasteiger partial charge on any atom is 0.264 e. The summed E-state index contributed by atoms with van der Waals surface area (Å²) in [6, 6.07) is 12.0. The first kappa shape index (κ1) is 16.9. The molecule has 0 unspecified atom stereocenters. The van der Waals surface area contributed by atoms with E-state index in [1.165, 1.54) is 29.4 Å². The minimum atomic E-state index is 0.0158. The van der Waals surface area contributed by atoms with Crippen molar-refractivity contribution < 1.29 is 9.59 Å². The molecule has 0 N–H and O–H groups in total. The Morgan fingerprint density at radius 1 is 1.00 bits per heavy atom. The van der Waals surface area contributed by atoms with E-state index in [1.807, 2.05) is 4.90 Å². The number of thiophene rings is 1. The minimum Gasteiger partial charge on any atom is -0.335 e. The summed E-state index contributed by atoms with van der Waals surface area (Å²) in [6.07, 6.45) is 0. The van der Waals surface area contributed by atoms with E-state index >= 15 is 0 Å². The van der Waals surface area contributed by atoms with Crippen molar-refractivity contribution in [3.63, 3.8) is 0 Å². The zero-order chi connectivity index (χ0) is 17.1. The van der Waals surface area contributed by atoms with Crippen molar-refractivity contribution in [1.82, 2.24) is 9.80 Å². The zero-order valence-corrected chi connectivity index (χ0v) is 14.9. The van der Waals surface area contributed by atoms with E-state index in [4.69, 9.17) is 0 Å². The molecule has 4 nitrogen and oxygen atoms in total. The van der Waals surface area contributed by atoms with Crippen LogP contribution in [0.25, 0.3) is 0 Å². The van der Waals surface area contributed by atoms with Gasteiger partial charge in [-0.3, -0.25) is 14.5 Å². The number of amides is 1. The van der Waals surface area contributed by atoms with E-state index in [2.05, 4.69) is 36.1 Å². The van der Waals surface area contributed by atoms with Crippen LogP contribution in [0.1, 0.15) is 37.4 Å². The van der Waals surface area contributed by atoms with Crippen molar-refractivity contribution in [3.8, 4) is 0 Å². The number of carbonyl (C=O) groups excluding carboxylic acids is 2. The molecule has 1 aromatic heterocycles. The molecule has 126 valence electrons. The predicted molar refractivity (Wildman–Crippen MR) is 96.7 cm³/mol. The van der Waals surface area contributed by atoms with Gasteiger partial charge in [0, 0.05) is 32.7 Å². The number of rotatable bonds is 4. The van der Waals surface area contributed by atoms with Crippen molar-refractivity contribution in [2.75, 3.05) is 26.2 Å². The van der Waals surface area contributed by atoms with Crippen LogP contribution in [-0.4, -0.2) is 47.7 Å². The van der Waals surface area contributed by atoms with Gasteiger partial charge < -0.3 is 4.90 Å². The lowest BCUT2D eigenvalue weighted by atomic mass is 10.1. The Bertz CT molecular complexity index is 745. The Kier molecular flexibility index (Phi) is 5.11. The van der Waals surface area contributed by atoms with E-state index in [0.717, 1.165) is 32.7 Å². The highest BCUT2D eigenvalue weighted by Gasteiger charge is 2.23. The van der Waals surface area contributed by atoms with Gasteiger partial charge in [-0.2, -0.15) is 0 Å². The highest BCUT2D eigenvalue weighted by molar-refractivity contribution is 7.15. The molecule has 1 fully saturated rings. The number of carbonyl (C=O) groups is 2. The van der Waals surface area contributed by atoms with Crippen LogP contribution < -0.4 is 0 Å². The van der Waals surface area contributed by atoms with Crippen molar-refractivity contribution in [3.05, 3.63) is 57.3 Å². The maximum atomic E-state index is 12.6. The van der Waals surface area contributed by atoms with E-state index in [-0.39, 0.29) is 11.7 Å². The molecule has 2 heterocycles. The van der Waals surface area contributed by atoms with Crippen LogP contribution in [0.3, 0.4) is 0 Å². The topological polar surface area (TPSA) is 40.6 Å². The molecule has 0 bridgehead atoms. The van der Waals surface area contributed by atoms with Crippen LogP contribution in [0.2, 0.25) is 0 Å². The quantitative estimate of drug-likeness (QED) is 0.801. The lowest BCUT2D eigenvalue weighted by Crippen LogP contribution is -2.48. The molecule has 3 rings (SSSR count). The average molecular weight is 342 g/mol. The number of hydrogen-bond donors (Lipinski definition) is 0. The van der Waals surface area contributed by atoms with E-state index < -0.39 is 0 Å². The zero-order valence-electron chi connectivity index (χ0n) is 14.1. The summed E-state index contributed by atoms with van der Waals surface area (Å²) in [5.41, 5.74) is 2.66. The second kappa shape index (κ2) is 7.28. The van der Waals surface area contributed by atoms with Gasteiger partial charge in [-0.25, -0.2) is 0 Å². The summed E-state index contributed by atoms with van der Waals surface area (Å²) in [5.74, 6) is 0.0603. The van der Waals surface area contributed by atoms with Crippen LogP contribution in [0, 0.1) is 6.92 Å². The highest BCUT2D eigenvalue weighted by atomic mass is 32.1. The molecular weight excluding hydrogens is 320 g/mol. The Morgan fingerprint density at radius 3 is 2.29 bits per heavy atom. The summed E-state index contributed by atoms with van der Waals surface area (Å²) in [5, 5.41) is 0. The van der Waals surface area contributed by atoms with E-state index in [1.54, 1.807) is 12.1 Å². The van der Waals surface area contributed by atoms with Gasteiger partial charge >= 0.3 is 0 Å². The molecule has 5 heteroatoms. The van der Waals surface area contributed by atoms with Gasteiger partial charge in [0.2, 0.25) is 0 Å². The number of benzene rings is 1. The van der Waals surface area contributed by atoms with Crippen LogP contribution in [0.5, 0.6) is 0 Å². The molecule has 24 heavy (non-hydrogen) atoms. The Labute approximate surface area is 146 Å². The van der Waals surface area contributed by atoms with Crippen molar-refractivity contribution in [2.24, 2.45) is 0 Å². The van der Waals surface area contributed by atoms with Gasteiger partial charge in [0.15, 0.2) is 5.78 Å². The summed E-state index contributed by atoms with van der Waals surface area (Å²) in [6.45, 7) is 7.83. The first-order valence-electron chi connectivity index (χ1n) is 8.21. The number of Topliss-reactive ketones (excluding diaryl/α,β-unsaturated/α-hetero) is 1. The highest BCUT2D eigenvalue weighted by Crippen LogP contribution is 2.20. The predicted octanol–water partition coefficient (Wildman–Crippen LogP) is 3.22. The van der Waals surface area contributed by atoms with E-state index in [9.17, 15) is 9.59 Å². The van der Waals surface area contributed by atoms with Crippen LogP contribution in [0.15, 0.2) is 36.4 Å². The van der Waals surface area contributed by atoms with Gasteiger partial charge in [0.25, 0.3) is 5.91 Å². The molecule has 0 aliphatic carbocycles. The molecule has 1 aliphatic heterocycles. The maximum absolute atomic E-state index is 12.6. The number of nitrogens with zero attached hydrogens (tertiary/aromatic N) is 2. The largest absolute Gasteiger partial charge is 0.335 e. The molecule has 0 atom stereocenters. The molecular formula is C19H22N2O2S. The minimum absolute atomic E-state index is 0.0158. The molecule has 1 saturated heterocycles. The third-order valence-electron chi connectivity index (χ3n) is 4.48. The molecule has 0 spiro atoms. The van der Waals surface area contributed by atoms with Crippen LogP contribution >= 0.6 is 11.3 Å². The van der Waals surface area contributed by atoms with E-state index in [0.29, 0.717) is 9.75 Å². The fourth-order valence-electron chi connectivity index (χ4n) is 2.94. The van der Waals surface area contributed by atoms with Crippen LogP contribution in [0.4, 0.5) is 0 Å². The molecule has 1 amide bonds. The molecule has 1 aromatic carbocycles. The Balaban J connectivity index is 1.57. The van der Waals surface area contributed by atoms with Gasteiger partial charge in [-0.1, -0.05) is 24.3 Å². The lowest BCUT2D eigenvalue weighted by Gasteiger charge is -2.34. The number of hydrogen-bond acceptors (Lipinski definition) is 4. The van der Waals surface area contributed by atoms with Gasteiger partial charge in [0.05, 0.1) is 9.75 Å². The second-order valence-corrected chi connectivity index (χ2v) is 7.30. The van der Waals surface area contributed by atoms with Crippen molar-refractivity contribution in [2.45, 2.75) is 20.4 Å². The standard InChI is InChI=1S/C19H22N2O2S/c1-14-5-3-4-6-16(14)13-20-9-11-21(12-10-20)19(23)18-8-7-17(24-18)15(2)22/h3-8H,9-13H2,1-2H3. The van der Waals surface area contributed by atoms with Crippen LogP contribution in [-0.2, 0) is 6.54 Å². The van der Waals surface area contributed by atoms with Gasteiger partial charge in [0.1, 0.15) is 0 Å². The SMILES string of the molecule is CC(=O)c1ccc(C(=O)N2CCN(Cc3ccccc3C)CC2)s1. The third kappa shape index (κ3) is 3.74. The smallest absolute Gasteiger partial charge is 0.264 e. The monoisotopic (exact) mass is 342 g/mol. The first-order chi connectivity index (χ1) is 11.5. The first-order valence-corrected chi connectivity index (χ1v) is 9.03. The normalized spacial score (nSPS) is 15.5. The van der Waals surface area contributed by atoms with Crippen molar-refractivity contribution >= 4 is 23.0 Å². The van der Waals surface area contributed by atoms with Gasteiger partial charge in [-0.15, -0.1) is 11.3 Å². The summed E-state index contributed by atoms with van der Waals surface area (Å²) < 4.78 is 0. The number of ketones is 1. The fraction of sp³-hybridized carbons (Fsp3) is 0.368. The Morgan fingerprint density at radius 2 is 1.67 bits per heavy atom. The fourth-order valence-corrected chi connectivity index (χ4v) is 3.80. The molecule has 2 aromatic rings. The number of aryl methyl sites for hydroxylation is 1.